The van der Waals surface area contributed by atoms with Crippen molar-refractivity contribution in [2.45, 2.75) is 20.5 Å². The van der Waals surface area contributed by atoms with Gasteiger partial charge in [0.1, 0.15) is 6.61 Å². The van der Waals surface area contributed by atoms with Gasteiger partial charge in [0, 0.05) is 17.0 Å². The fourth-order valence-electron chi connectivity index (χ4n) is 1.47. The predicted octanol–water partition coefficient (Wildman–Crippen LogP) is 1.14. The van der Waals surface area contributed by atoms with Crippen LogP contribution < -0.4 is 5.90 Å². The molecule has 16 heavy (non-hydrogen) atoms. The van der Waals surface area contributed by atoms with Crippen LogP contribution in [-0.4, -0.2) is 15.1 Å². The van der Waals surface area contributed by atoms with Gasteiger partial charge in [0.15, 0.2) is 0 Å². The molecule has 2 aromatic rings. The van der Waals surface area contributed by atoms with Gasteiger partial charge in [-0.15, -0.1) is 0 Å². The molecule has 6 heteroatoms. The first-order chi connectivity index (χ1) is 7.69. The summed E-state index contributed by atoms with van der Waals surface area (Å²) < 4.78 is 4.95. The van der Waals surface area contributed by atoms with E-state index in [4.69, 9.17) is 10.4 Å². The molecule has 0 aliphatic heterocycles. The number of nitrogens with zero attached hydrogens (tertiary/aromatic N) is 3. The maximum atomic E-state index is 4.95. The zero-order valence-corrected chi connectivity index (χ0v) is 9.10. The lowest BCUT2D eigenvalue weighted by Gasteiger charge is -1.98. The molecule has 0 aliphatic carbocycles. The molecule has 0 radical (unpaired) electrons. The molecule has 2 heterocycles. The minimum Gasteiger partial charge on any atom is -0.336 e. The Balaban J connectivity index is 2.34. The molecule has 0 atom stereocenters. The second-order valence-electron chi connectivity index (χ2n) is 3.46. The van der Waals surface area contributed by atoms with E-state index in [1.807, 2.05) is 26.0 Å². The van der Waals surface area contributed by atoms with Crippen LogP contribution >= 0.6 is 0 Å². The lowest BCUT2D eigenvalue weighted by Crippen LogP contribution is -1.98. The van der Waals surface area contributed by atoms with Crippen molar-refractivity contribution >= 4 is 0 Å². The molecule has 0 saturated heterocycles. The summed E-state index contributed by atoms with van der Waals surface area (Å²) in [6.45, 7) is 3.94. The van der Waals surface area contributed by atoms with E-state index in [1.165, 1.54) is 0 Å². The van der Waals surface area contributed by atoms with Crippen LogP contribution in [0.15, 0.2) is 16.7 Å². The van der Waals surface area contributed by atoms with E-state index in [1.54, 1.807) is 0 Å². The van der Waals surface area contributed by atoms with E-state index >= 15 is 0 Å². The third kappa shape index (κ3) is 2.23. The molecule has 0 spiro atoms. The maximum Gasteiger partial charge on any atom is 0.255 e. The Morgan fingerprint density at radius 1 is 1.25 bits per heavy atom. The molecule has 0 aromatic carbocycles. The Kier molecular flexibility index (Phi) is 2.93. The van der Waals surface area contributed by atoms with Gasteiger partial charge in [-0.3, -0.25) is 9.82 Å². The standard InChI is InChI=1S/C10H12N4O2/c1-6-3-8(4-7(2)12-6)10-13-9(5-15-11)16-14-10/h3-4H,5,11H2,1-2H3. The molecule has 2 N–H and O–H groups in total. The Bertz CT molecular complexity index is 475. The largest absolute Gasteiger partial charge is 0.336 e. The van der Waals surface area contributed by atoms with Crippen LogP contribution in [0, 0.1) is 13.8 Å². The van der Waals surface area contributed by atoms with Crippen LogP contribution in [0.4, 0.5) is 0 Å². The summed E-state index contributed by atoms with van der Waals surface area (Å²) in [5.41, 5.74) is 2.70. The summed E-state index contributed by atoms with van der Waals surface area (Å²) in [5, 5.41) is 3.84. The molecule has 0 fully saturated rings. The third-order valence-electron chi connectivity index (χ3n) is 2.01. The van der Waals surface area contributed by atoms with Crippen LogP contribution in [0.5, 0.6) is 0 Å². The maximum absolute atomic E-state index is 4.95. The number of pyridine rings is 1. The van der Waals surface area contributed by atoms with E-state index in [-0.39, 0.29) is 6.61 Å². The quantitative estimate of drug-likeness (QED) is 0.780. The van der Waals surface area contributed by atoms with Gasteiger partial charge < -0.3 is 4.52 Å². The molecule has 2 aromatic heterocycles. The fraction of sp³-hybridized carbons (Fsp3) is 0.300. The van der Waals surface area contributed by atoms with Gasteiger partial charge in [0.25, 0.3) is 5.89 Å². The van der Waals surface area contributed by atoms with Crippen LogP contribution in [0.2, 0.25) is 0 Å². The van der Waals surface area contributed by atoms with Gasteiger partial charge in [-0.1, -0.05) is 5.16 Å². The van der Waals surface area contributed by atoms with E-state index in [9.17, 15) is 0 Å². The summed E-state index contributed by atoms with van der Waals surface area (Å²) in [5.74, 6) is 5.78. The number of nitrogens with two attached hydrogens (primary N) is 1. The highest BCUT2D eigenvalue weighted by atomic mass is 16.6. The topological polar surface area (TPSA) is 87.1 Å². The first-order valence-electron chi connectivity index (χ1n) is 4.79. The summed E-state index contributed by atoms with van der Waals surface area (Å²) >= 11 is 0. The molecule has 0 bridgehead atoms. The second-order valence-corrected chi connectivity index (χ2v) is 3.46. The summed E-state index contributed by atoms with van der Waals surface area (Å²) in [6.07, 6.45) is 0. The van der Waals surface area contributed by atoms with Gasteiger partial charge in [0.2, 0.25) is 5.82 Å². The first-order valence-corrected chi connectivity index (χ1v) is 4.79. The lowest BCUT2D eigenvalue weighted by molar-refractivity contribution is 0.0996. The molecule has 0 saturated carbocycles. The van der Waals surface area contributed by atoms with Gasteiger partial charge in [-0.2, -0.15) is 4.98 Å². The molecule has 0 amide bonds. The Hall–Kier alpha value is -1.79. The van der Waals surface area contributed by atoms with Crippen molar-refractivity contribution in [3.63, 3.8) is 0 Å². The van der Waals surface area contributed by atoms with E-state index in [0.29, 0.717) is 11.7 Å². The summed E-state index contributed by atoms with van der Waals surface area (Å²) in [4.78, 5) is 12.8. The lowest BCUT2D eigenvalue weighted by atomic mass is 10.2. The van der Waals surface area contributed by atoms with Crippen molar-refractivity contribution in [1.29, 1.82) is 0 Å². The Labute approximate surface area is 92.4 Å². The van der Waals surface area contributed by atoms with Crippen molar-refractivity contribution in [2.24, 2.45) is 5.90 Å². The highest BCUT2D eigenvalue weighted by molar-refractivity contribution is 5.55. The average Bonchev–Trinajstić information content (AvgIpc) is 2.65. The number of aromatic nitrogens is 3. The Morgan fingerprint density at radius 2 is 1.94 bits per heavy atom. The minimum atomic E-state index is 0.107. The third-order valence-corrected chi connectivity index (χ3v) is 2.01. The summed E-state index contributed by atoms with van der Waals surface area (Å²) in [6, 6.07) is 3.79. The summed E-state index contributed by atoms with van der Waals surface area (Å²) in [7, 11) is 0. The SMILES string of the molecule is Cc1cc(-c2noc(CON)n2)cc(C)n1. The predicted molar refractivity (Wildman–Crippen MR) is 56.0 cm³/mol. The highest BCUT2D eigenvalue weighted by Gasteiger charge is 2.09. The zero-order valence-electron chi connectivity index (χ0n) is 9.10. The normalized spacial score (nSPS) is 10.7. The van der Waals surface area contributed by atoms with Crippen molar-refractivity contribution in [2.75, 3.05) is 0 Å². The number of aryl methyl sites for hydroxylation is 2. The molecule has 0 aliphatic rings. The Morgan fingerprint density at radius 3 is 2.56 bits per heavy atom. The second kappa shape index (κ2) is 4.38. The van der Waals surface area contributed by atoms with Gasteiger partial charge in [-0.05, 0) is 26.0 Å². The van der Waals surface area contributed by atoms with E-state index in [0.717, 1.165) is 17.0 Å². The zero-order chi connectivity index (χ0) is 11.5. The van der Waals surface area contributed by atoms with E-state index in [2.05, 4.69) is 20.0 Å². The monoisotopic (exact) mass is 220 g/mol. The van der Waals surface area contributed by atoms with Crippen LogP contribution in [0.1, 0.15) is 17.3 Å². The van der Waals surface area contributed by atoms with Crippen LogP contribution in [0.25, 0.3) is 11.4 Å². The van der Waals surface area contributed by atoms with Gasteiger partial charge in [-0.25, -0.2) is 5.90 Å². The number of hydrogen-bond acceptors (Lipinski definition) is 6. The van der Waals surface area contributed by atoms with Crippen LogP contribution in [-0.2, 0) is 11.4 Å². The number of rotatable bonds is 3. The van der Waals surface area contributed by atoms with E-state index < -0.39 is 0 Å². The number of hydrogen-bond donors (Lipinski definition) is 1. The molecular formula is C10H12N4O2. The van der Waals surface area contributed by atoms with Crippen molar-refractivity contribution < 1.29 is 9.36 Å². The minimum absolute atomic E-state index is 0.107. The molecule has 84 valence electrons. The smallest absolute Gasteiger partial charge is 0.255 e. The van der Waals surface area contributed by atoms with Crippen molar-refractivity contribution in [1.82, 2.24) is 15.1 Å². The van der Waals surface area contributed by atoms with Crippen LogP contribution in [0.3, 0.4) is 0 Å². The molecular weight excluding hydrogens is 208 g/mol. The average molecular weight is 220 g/mol. The van der Waals surface area contributed by atoms with Crippen molar-refractivity contribution in [3.05, 3.63) is 29.4 Å². The molecule has 6 nitrogen and oxygen atoms in total. The molecule has 0 unspecified atom stereocenters. The van der Waals surface area contributed by atoms with Gasteiger partial charge >= 0.3 is 0 Å². The molecule has 2 rings (SSSR count). The fourth-order valence-corrected chi connectivity index (χ4v) is 1.47. The van der Waals surface area contributed by atoms with Gasteiger partial charge in [0.05, 0.1) is 0 Å². The first kappa shape index (κ1) is 10.7. The van der Waals surface area contributed by atoms with Crippen molar-refractivity contribution in [3.8, 4) is 11.4 Å². The highest BCUT2D eigenvalue weighted by Crippen LogP contribution is 2.17.